The lowest BCUT2D eigenvalue weighted by molar-refractivity contribution is 0.0934. The average Bonchev–Trinajstić information content (AvgIpc) is 2.76. The monoisotopic (exact) mass is 447 g/mol. The first kappa shape index (κ1) is 23.9. The highest BCUT2D eigenvalue weighted by Crippen LogP contribution is 2.27. The molecule has 0 fully saturated rings. The minimum absolute atomic E-state index is 0.0169. The molecule has 2 aromatic rings. The number of terminal acetylenes is 1. The fraction of sp³-hybridized carbons (Fsp3) is 0.318. The summed E-state index contributed by atoms with van der Waals surface area (Å²) in [4.78, 5) is 14.9. The molecule has 0 aliphatic rings. The summed E-state index contributed by atoms with van der Waals surface area (Å²) in [6.07, 6.45) is 5.11. The molecule has 1 unspecified atom stereocenters. The van der Waals surface area contributed by atoms with Crippen molar-refractivity contribution in [2.75, 3.05) is 26.2 Å². The number of nitrogens with one attached hydrogen (secondary N) is 2. The van der Waals surface area contributed by atoms with E-state index in [9.17, 15) is 13.2 Å². The number of nitrogens with zero attached hydrogens (tertiary/aromatic N) is 1. The Kier molecular flexibility index (Phi) is 8.88. The lowest BCUT2D eigenvalue weighted by Gasteiger charge is -2.31. The SMILES string of the molecule is C#CCNS(=O)(=O)c1cccc(C(=O)NCC(c2ccccc2Cl)N(CC)CC)c1. The maximum Gasteiger partial charge on any atom is 0.251 e. The van der Waals surface area contributed by atoms with E-state index in [2.05, 4.69) is 20.9 Å². The quantitative estimate of drug-likeness (QED) is 0.549. The number of rotatable bonds is 10. The van der Waals surface area contributed by atoms with Gasteiger partial charge in [0.05, 0.1) is 17.5 Å². The number of likely N-dealkylation sites (N-methyl/N-ethyl adjacent to an activating group) is 1. The van der Waals surface area contributed by atoms with Gasteiger partial charge in [0.1, 0.15) is 0 Å². The topological polar surface area (TPSA) is 78.5 Å². The molecule has 0 aliphatic carbocycles. The van der Waals surface area contributed by atoms with Crippen LogP contribution in [0.15, 0.2) is 53.4 Å². The van der Waals surface area contributed by atoms with E-state index < -0.39 is 10.0 Å². The van der Waals surface area contributed by atoms with Crippen LogP contribution in [-0.4, -0.2) is 45.4 Å². The summed E-state index contributed by atoms with van der Waals surface area (Å²) in [6.45, 7) is 5.88. The van der Waals surface area contributed by atoms with Crippen LogP contribution >= 0.6 is 11.6 Å². The van der Waals surface area contributed by atoms with E-state index in [0.29, 0.717) is 11.6 Å². The summed E-state index contributed by atoms with van der Waals surface area (Å²) >= 11 is 6.39. The Balaban J connectivity index is 2.21. The second-order valence-corrected chi connectivity index (χ2v) is 8.70. The predicted octanol–water partition coefficient (Wildman–Crippen LogP) is 3.06. The normalized spacial score (nSPS) is 12.4. The van der Waals surface area contributed by atoms with Gasteiger partial charge in [-0.25, -0.2) is 8.42 Å². The zero-order valence-corrected chi connectivity index (χ0v) is 18.6. The van der Waals surface area contributed by atoms with Crippen molar-refractivity contribution < 1.29 is 13.2 Å². The zero-order valence-electron chi connectivity index (χ0n) is 17.1. The Morgan fingerprint density at radius 3 is 2.50 bits per heavy atom. The van der Waals surface area contributed by atoms with Gasteiger partial charge in [-0.2, -0.15) is 4.72 Å². The molecule has 1 amide bonds. The van der Waals surface area contributed by atoms with Gasteiger partial charge in [-0.3, -0.25) is 9.69 Å². The van der Waals surface area contributed by atoms with E-state index in [1.165, 1.54) is 18.2 Å². The molecule has 0 radical (unpaired) electrons. The second kappa shape index (κ2) is 11.1. The molecule has 0 saturated heterocycles. The second-order valence-electron chi connectivity index (χ2n) is 6.53. The number of carbonyl (C=O) groups excluding carboxylic acids is 1. The minimum Gasteiger partial charge on any atom is -0.350 e. The molecule has 2 rings (SSSR count). The van der Waals surface area contributed by atoms with Gasteiger partial charge in [0, 0.05) is 17.1 Å². The smallest absolute Gasteiger partial charge is 0.251 e. The van der Waals surface area contributed by atoms with Crippen molar-refractivity contribution in [3.05, 3.63) is 64.7 Å². The molecule has 160 valence electrons. The van der Waals surface area contributed by atoms with E-state index in [-0.39, 0.29) is 29.0 Å². The molecular weight excluding hydrogens is 422 g/mol. The molecule has 0 aliphatic heterocycles. The number of hydrogen-bond acceptors (Lipinski definition) is 4. The summed E-state index contributed by atoms with van der Waals surface area (Å²) in [6, 6.07) is 13.3. The molecule has 6 nitrogen and oxygen atoms in total. The van der Waals surface area contributed by atoms with Gasteiger partial charge < -0.3 is 5.32 Å². The van der Waals surface area contributed by atoms with Gasteiger partial charge in [-0.15, -0.1) is 6.42 Å². The number of hydrogen-bond donors (Lipinski definition) is 2. The van der Waals surface area contributed by atoms with Crippen molar-refractivity contribution in [1.82, 2.24) is 14.9 Å². The summed E-state index contributed by atoms with van der Waals surface area (Å²) in [5.74, 6) is 1.85. The maximum absolute atomic E-state index is 12.7. The Morgan fingerprint density at radius 1 is 1.17 bits per heavy atom. The molecule has 2 N–H and O–H groups in total. The predicted molar refractivity (Wildman–Crippen MR) is 120 cm³/mol. The van der Waals surface area contributed by atoms with Crippen molar-refractivity contribution >= 4 is 27.5 Å². The zero-order chi connectivity index (χ0) is 22.1. The lowest BCUT2D eigenvalue weighted by Crippen LogP contribution is -2.38. The number of sulfonamides is 1. The van der Waals surface area contributed by atoms with E-state index >= 15 is 0 Å². The van der Waals surface area contributed by atoms with Crippen molar-refractivity contribution in [3.8, 4) is 12.3 Å². The van der Waals surface area contributed by atoms with Crippen LogP contribution in [0.3, 0.4) is 0 Å². The van der Waals surface area contributed by atoms with E-state index in [1.54, 1.807) is 6.07 Å². The van der Waals surface area contributed by atoms with Crippen LogP contribution in [0.5, 0.6) is 0 Å². The van der Waals surface area contributed by atoms with Gasteiger partial charge in [0.2, 0.25) is 10.0 Å². The van der Waals surface area contributed by atoms with Crippen LogP contribution in [0, 0.1) is 12.3 Å². The first-order valence-electron chi connectivity index (χ1n) is 9.63. The number of carbonyl (C=O) groups is 1. The summed E-state index contributed by atoms with van der Waals surface area (Å²) in [5, 5.41) is 3.54. The number of halogens is 1. The molecule has 1 atom stereocenters. The molecule has 0 aromatic heterocycles. The van der Waals surface area contributed by atoms with Gasteiger partial charge >= 0.3 is 0 Å². The van der Waals surface area contributed by atoms with Gasteiger partial charge in [0.25, 0.3) is 5.91 Å². The Hall–Kier alpha value is -2.37. The summed E-state index contributed by atoms with van der Waals surface area (Å²) < 4.78 is 26.8. The Morgan fingerprint density at radius 2 is 1.87 bits per heavy atom. The van der Waals surface area contributed by atoms with Crippen molar-refractivity contribution in [2.24, 2.45) is 0 Å². The van der Waals surface area contributed by atoms with Gasteiger partial charge in [-0.05, 0) is 42.9 Å². The van der Waals surface area contributed by atoms with Crippen LogP contribution in [0.2, 0.25) is 5.02 Å². The van der Waals surface area contributed by atoms with Crippen LogP contribution in [-0.2, 0) is 10.0 Å². The van der Waals surface area contributed by atoms with Crippen molar-refractivity contribution in [1.29, 1.82) is 0 Å². The first-order chi connectivity index (χ1) is 14.3. The van der Waals surface area contributed by atoms with Gasteiger partial charge in [-0.1, -0.05) is 55.6 Å². The third kappa shape index (κ3) is 6.07. The van der Waals surface area contributed by atoms with E-state index in [1.807, 2.05) is 38.1 Å². The highest BCUT2D eigenvalue weighted by molar-refractivity contribution is 7.89. The molecular formula is C22H26ClN3O3S. The fourth-order valence-electron chi connectivity index (χ4n) is 3.16. The number of amides is 1. The fourth-order valence-corrected chi connectivity index (χ4v) is 4.40. The molecule has 30 heavy (non-hydrogen) atoms. The van der Waals surface area contributed by atoms with Crippen LogP contribution in [0.25, 0.3) is 0 Å². The lowest BCUT2D eigenvalue weighted by atomic mass is 10.0. The third-order valence-corrected chi connectivity index (χ3v) is 6.49. The summed E-state index contributed by atoms with van der Waals surface area (Å²) in [7, 11) is -3.78. The highest BCUT2D eigenvalue weighted by atomic mass is 35.5. The molecule has 2 aromatic carbocycles. The highest BCUT2D eigenvalue weighted by Gasteiger charge is 2.22. The third-order valence-electron chi connectivity index (χ3n) is 4.74. The Labute approximate surface area is 183 Å². The van der Waals surface area contributed by atoms with Crippen LogP contribution < -0.4 is 10.0 Å². The largest absolute Gasteiger partial charge is 0.350 e. The van der Waals surface area contributed by atoms with E-state index in [0.717, 1.165) is 18.7 Å². The standard InChI is InChI=1S/C22H26ClN3O3S/c1-4-14-25-30(28,29)18-11-9-10-17(15-18)22(27)24-16-21(26(5-2)6-3)19-12-7-8-13-20(19)23/h1,7-13,15,21,25H,5-6,14,16H2,2-3H3,(H,24,27). The van der Waals surface area contributed by atoms with E-state index in [4.69, 9.17) is 18.0 Å². The first-order valence-corrected chi connectivity index (χ1v) is 11.5. The van der Waals surface area contributed by atoms with Crippen LogP contribution in [0.4, 0.5) is 0 Å². The summed E-state index contributed by atoms with van der Waals surface area (Å²) in [5.41, 5.74) is 1.18. The maximum atomic E-state index is 12.7. The minimum atomic E-state index is -3.78. The molecule has 8 heteroatoms. The van der Waals surface area contributed by atoms with Crippen molar-refractivity contribution in [2.45, 2.75) is 24.8 Å². The Bertz CT molecular complexity index is 1010. The van der Waals surface area contributed by atoms with Crippen LogP contribution in [0.1, 0.15) is 35.8 Å². The molecule has 0 heterocycles. The number of benzene rings is 2. The molecule has 0 saturated carbocycles. The van der Waals surface area contributed by atoms with Gasteiger partial charge in [0.15, 0.2) is 0 Å². The average molecular weight is 448 g/mol. The molecule has 0 spiro atoms. The van der Waals surface area contributed by atoms with Crippen molar-refractivity contribution in [3.63, 3.8) is 0 Å². The molecule has 0 bridgehead atoms.